The molecule has 0 bridgehead atoms. The first-order valence-corrected chi connectivity index (χ1v) is 8.78. The molecular weight excluding hydrogens is 210 g/mol. The Balaban J connectivity index is 2.02. The molecule has 0 amide bonds. The van der Waals surface area contributed by atoms with Gasteiger partial charge in [0, 0.05) is 11.3 Å². The molecule has 5 nitrogen and oxygen atoms in total. The van der Waals surface area contributed by atoms with Crippen LogP contribution in [0.5, 0.6) is 0 Å². The Hall–Kier alpha value is -0.553. The second-order valence-corrected chi connectivity index (χ2v) is 9.69. The van der Waals surface area contributed by atoms with Gasteiger partial charge in [-0.2, -0.15) is 0 Å². The van der Waals surface area contributed by atoms with E-state index in [9.17, 15) is 0 Å². The molecule has 0 radical (unpaired) electrons. The molecule has 0 aromatic heterocycles. The maximum atomic E-state index is 8.51. The third-order valence-electron chi connectivity index (χ3n) is 2.76. The number of epoxide rings is 1. The van der Waals surface area contributed by atoms with Crippen molar-refractivity contribution in [3.8, 4) is 0 Å². The van der Waals surface area contributed by atoms with E-state index in [4.69, 9.17) is 14.7 Å². The van der Waals surface area contributed by atoms with E-state index in [1.807, 2.05) is 0 Å². The Morgan fingerprint density at radius 3 is 2.60 bits per heavy atom. The van der Waals surface area contributed by atoms with Gasteiger partial charge in [0.2, 0.25) is 0 Å². The lowest BCUT2D eigenvalue weighted by Crippen LogP contribution is -2.41. The summed E-state index contributed by atoms with van der Waals surface area (Å²) in [6.07, 6.45) is 2.46. The Morgan fingerprint density at radius 2 is 2.00 bits per heavy atom. The molecule has 2 aliphatic rings. The molecule has 6 heteroatoms. The lowest BCUT2D eigenvalue weighted by atomic mass is 9.93. The summed E-state index contributed by atoms with van der Waals surface area (Å²) in [4.78, 5) is 2.90. The number of azide groups is 1. The van der Waals surface area contributed by atoms with Gasteiger partial charge in [-0.15, -0.1) is 0 Å². The number of hydrogen-bond donors (Lipinski definition) is 0. The molecule has 0 aromatic rings. The van der Waals surface area contributed by atoms with Crippen molar-refractivity contribution in [2.24, 2.45) is 5.11 Å². The van der Waals surface area contributed by atoms with Gasteiger partial charge in [-0.25, -0.2) is 0 Å². The number of nitrogens with zero attached hydrogens (tertiary/aromatic N) is 3. The van der Waals surface area contributed by atoms with Gasteiger partial charge in [-0.1, -0.05) is 5.11 Å². The van der Waals surface area contributed by atoms with Gasteiger partial charge in [0.15, 0.2) is 8.32 Å². The molecule has 0 unspecified atom stereocenters. The van der Waals surface area contributed by atoms with Crippen LogP contribution < -0.4 is 0 Å². The number of hydrogen-bond acceptors (Lipinski definition) is 3. The number of ether oxygens (including phenoxy) is 1. The van der Waals surface area contributed by atoms with E-state index in [2.05, 4.69) is 29.7 Å². The first-order valence-electron chi connectivity index (χ1n) is 5.37. The van der Waals surface area contributed by atoms with Crippen LogP contribution in [-0.4, -0.2) is 32.7 Å². The predicted molar refractivity (Wildman–Crippen MR) is 59.0 cm³/mol. The molecule has 4 atom stereocenters. The summed E-state index contributed by atoms with van der Waals surface area (Å²) < 4.78 is 11.5. The SMILES string of the molecule is C[Si](C)(C)O[C@H]1C[C@@H]2O[C@@H]2C[C@@H]1N=[N+]=[N-]. The zero-order chi connectivity index (χ0) is 11.1. The Bertz CT molecular complexity index is 298. The summed E-state index contributed by atoms with van der Waals surface area (Å²) in [6.45, 7) is 6.46. The van der Waals surface area contributed by atoms with Gasteiger partial charge < -0.3 is 9.16 Å². The molecule has 2 rings (SSSR count). The maximum absolute atomic E-state index is 8.51. The van der Waals surface area contributed by atoms with Gasteiger partial charge in [-0.3, -0.25) is 0 Å². The highest BCUT2D eigenvalue weighted by Gasteiger charge is 2.49. The van der Waals surface area contributed by atoms with Crippen LogP contribution in [-0.2, 0) is 9.16 Å². The van der Waals surface area contributed by atoms with Crippen molar-refractivity contribution >= 4 is 8.32 Å². The molecule has 1 saturated heterocycles. The van der Waals surface area contributed by atoms with Crippen LogP contribution in [0.4, 0.5) is 0 Å². The summed E-state index contributed by atoms with van der Waals surface area (Å²) in [5, 5.41) is 3.82. The summed E-state index contributed by atoms with van der Waals surface area (Å²) in [5.74, 6) is 0. The smallest absolute Gasteiger partial charge is 0.184 e. The molecule has 84 valence electrons. The minimum atomic E-state index is -1.57. The molecule has 0 aromatic carbocycles. The highest BCUT2D eigenvalue weighted by Crippen LogP contribution is 2.39. The maximum Gasteiger partial charge on any atom is 0.184 e. The molecule has 1 heterocycles. The van der Waals surface area contributed by atoms with E-state index in [-0.39, 0.29) is 12.1 Å². The van der Waals surface area contributed by atoms with Crippen LogP contribution in [0.1, 0.15) is 12.8 Å². The first-order chi connectivity index (χ1) is 6.99. The van der Waals surface area contributed by atoms with Crippen molar-refractivity contribution in [3.63, 3.8) is 0 Å². The lowest BCUT2D eigenvalue weighted by Gasteiger charge is -2.31. The average Bonchev–Trinajstić information content (AvgIpc) is 2.80. The minimum absolute atomic E-state index is 0.0366. The quantitative estimate of drug-likeness (QED) is 0.244. The standard InChI is InChI=1S/C9H17N3O2Si/c1-15(2,3)14-7-5-9-8(13-9)4-6(7)11-12-10/h6-9H,4-5H2,1-3H3/t6-,7-,8+,9-/m0/s1. The van der Waals surface area contributed by atoms with Crippen molar-refractivity contribution < 1.29 is 9.16 Å². The fourth-order valence-electron chi connectivity index (χ4n) is 2.14. The van der Waals surface area contributed by atoms with E-state index >= 15 is 0 Å². The number of fused-ring (bicyclic) bond motifs is 1. The predicted octanol–water partition coefficient (Wildman–Crippen LogP) is 2.45. The fraction of sp³-hybridized carbons (Fsp3) is 1.00. The van der Waals surface area contributed by atoms with Gasteiger partial charge in [-0.05, 0) is 31.6 Å². The normalized spacial score (nSPS) is 39.1. The zero-order valence-electron chi connectivity index (χ0n) is 9.38. The third kappa shape index (κ3) is 2.72. The molecule has 15 heavy (non-hydrogen) atoms. The van der Waals surface area contributed by atoms with E-state index < -0.39 is 8.32 Å². The van der Waals surface area contributed by atoms with Crippen LogP contribution in [0.2, 0.25) is 19.6 Å². The van der Waals surface area contributed by atoms with Crippen molar-refractivity contribution in [2.75, 3.05) is 0 Å². The van der Waals surface area contributed by atoms with E-state index in [1.54, 1.807) is 0 Å². The monoisotopic (exact) mass is 227 g/mol. The van der Waals surface area contributed by atoms with Crippen LogP contribution in [0.15, 0.2) is 5.11 Å². The molecule has 0 spiro atoms. The van der Waals surface area contributed by atoms with Gasteiger partial charge >= 0.3 is 0 Å². The second kappa shape index (κ2) is 3.79. The Morgan fingerprint density at radius 1 is 1.33 bits per heavy atom. The van der Waals surface area contributed by atoms with E-state index in [0.717, 1.165) is 12.8 Å². The fourth-order valence-corrected chi connectivity index (χ4v) is 3.30. The van der Waals surface area contributed by atoms with Crippen LogP contribution >= 0.6 is 0 Å². The Labute approximate surface area is 90.5 Å². The topological polar surface area (TPSA) is 70.5 Å². The molecule has 1 aliphatic heterocycles. The lowest BCUT2D eigenvalue weighted by molar-refractivity contribution is 0.136. The first kappa shape index (κ1) is 10.9. The highest BCUT2D eigenvalue weighted by molar-refractivity contribution is 6.69. The molecular formula is C9H17N3O2Si. The summed E-state index contributed by atoms with van der Waals surface area (Å²) in [7, 11) is -1.57. The largest absolute Gasteiger partial charge is 0.414 e. The zero-order valence-corrected chi connectivity index (χ0v) is 10.4. The molecule has 2 fully saturated rings. The van der Waals surface area contributed by atoms with E-state index in [0.29, 0.717) is 12.2 Å². The van der Waals surface area contributed by atoms with Gasteiger partial charge in [0.1, 0.15) is 0 Å². The minimum Gasteiger partial charge on any atom is -0.414 e. The van der Waals surface area contributed by atoms with E-state index in [1.165, 1.54) is 0 Å². The van der Waals surface area contributed by atoms with Crippen molar-refractivity contribution in [2.45, 2.75) is 56.8 Å². The number of rotatable bonds is 3. The van der Waals surface area contributed by atoms with Gasteiger partial charge in [0.25, 0.3) is 0 Å². The molecule has 1 aliphatic carbocycles. The van der Waals surface area contributed by atoms with Crippen LogP contribution in [0.3, 0.4) is 0 Å². The summed E-state index contributed by atoms with van der Waals surface area (Å²) >= 11 is 0. The van der Waals surface area contributed by atoms with Crippen molar-refractivity contribution in [1.82, 2.24) is 0 Å². The van der Waals surface area contributed by atoms with Crippen molar-refractivity contribution in [1.29, 1.82) is 0 Å². The Kier molecular flexibility index (Phi) is 2.77. The highest BCUT2D eigenvalue weighted by atomic mass is 28.4. The van der Waals surface area contributed by atoms with Crippen LogP contribution in [0, 0.1) is 0 Å². The molecule has 1 saturated carbocycles. The van der Waals surface area contributed by atoms with Crippen molar-refractivity contribution in [3.05, 3.63) is 10.4 Å². The summed E-state index contributed by atoms with van der Waals surface area (Å²) in [5.41, 5.74) is 8.51. The summed E-state index contributed by atoms with van der Waals surface area (Å²) in [6, 6.07) is -0.0366. The third-order valence-corrected chi connectivity index (χ3v) is 3.77. The molecule has 0 N–H and O–H groups in total. The average molecular weight is 227 g/mol. The van der Waals surface area contributed by atoms with Crippen LogP contribution in [0.25, 0.3) is 10.4 Å². The van der Waals surface area contributed by atoms with Gasteiger partial charge in [0.05, 0.1) is 24.4 Å². The second-order valence-electron chi connectivity index (χ2n) is 5.23.